The number of carbonyl (C=O) groups excluding carboxylic acids is 1. The Kier molecular flexibility index (Phi) is 7.90. The van der Waals surface area contributed by atoms with Crippen molar-refractivity contribution in [1.82, 2.24) is 9.78 Å². The van der Waals surface area contributed by atoms with Gasteiger partial charge in [-0.2, -0.15) is 5.10 Å². The van der Waals surface area contributed by atoms with Crippen LogP contribution in [0.2, 0.25) is 5.02 Å². The monoisotopic (exact) mass is 566 g/mol. The molecular weight excluding hydrogens is 548 g/mol. The minimum Gasteiger partial charge on any atom is -0.457 e. The molecular formula is C25H19ClF4N4O5. The minimum absolute atomic E-state index is 0.0212. The maximum Gasteiger partial charge on any atom is 0.291 e. The van der Waals surface area contributed by atoms with Crippen LogP contribution in [0.3, 0.4) is 0 Å². The van der Waals surface area contributed by atoms with Gasteiger partial charge < -0.3 is 14.5 Å². The van der Waals surface area contributed by atoms with Crippen molar-refractivity contribution in [1.29, 1.82) is 0 Å². The fraction of sp³-hybridized carbons (Fsp3) is 0.200. The Bertz CT molecular complexity index is 1550. The van der Waals surface area contributed by atoms with E-state index < -0.39 is 46.6 Å². The van der Waals surface area contributed by atoms with Crippen LogP contribution in [-0.2, 0) is 6.54 Å². The number of ether oxygens (including phenoxy) is 1. The number of non-ortho nitro benzene ring substituents is 1. The van der Waals surface area contributed by atoms with E-state index >= 15 is 0 Å². The van der Waals surface area contributed by atoms with Crippen LogP contribution >= 0.6 is 11.6 Å². The number of amides is 1. The number of nitro groups is 1. The molecule has 14 heteroatoms. The van der Waals surface area contributed by atoms with Gasteiger partial charge in [0.25, 0.3) is 24.4 Å². The predicted octanol–water partition coefficient (Wildman–Crippen LogP) is 7.62. The van der Waals surface area contributed by atoms with Crippen molar-refractivity contribution in [3.8, 4) is 11.5 Å². The molecule has 0 aliphatic carbocycles. The number of alkyl halides is 4. The molecule has 0 unspecified atom stereocenters. The zero-order chi connectivity index (χ0) is 28.4. The van der Waals surface area contributed by atoms with Crippen molar-refractivity contribution in [2.75, 3.05) is 5.32 Å². The van der Waals surface area contributed by atoms with Gasteiger partial charge in [-0.15, -0.1) is 0 Å². The summed E-state index contributed by atoms with van der Waals surface area (Å²) >= 11 is 5.65. The molecule has 0 radical (unpaired) electrons. The third-order valence-corrected chi connectivity index (χ3v) is 5.88. The molecule has 39 heavy (non-hydrogen) atoms. The van der Waals surface area contributed by atoms with E-state index in [1.165, 1.54) is 24.3 Å². The maximum atomic E-state index is 13.4. The third kappa shape index (κ3) is 6.20. The van der Waals surface area contributed by atoms with E-state index in [0.717, 1.165) is 17.2 Å². The van der Waals surface area contributed by atoms with Crippen molar-refractivity contribution in [2.45, 2.75) is 33.2 Å². The Hall–Kier alpha value is -4.39. The van der Waals surface area contributed by atoms with Crippen LogP contribution < -0.4 is 10.1 Å². The van der Waals surface area contributed by atoms with Gasteiger partial charge >= 0.3 is 0 Å². The lowest BCUT2D eigenvalue weighted by atomic mass is 10.1. The van der Waals surface area contributed by atoms with Crippen LogP contribution in [0, 0.1) is 24.0 Å². The van der Waals surface area contributed by atoms with Crippen LogP contribution in [0.15, 0.2) is 52.9 Å². The van der Waals surface area contributed by atoms with E-state index in [0.29, 0.717) is 10.4 Å². The summed E-state index contributed by atoms with van der Waals surface area (Å²) in [5, 5.41) is 16.5. The number of nitro benzene ring substituents is 1. The van der Waals surface area contributed by atoms with Crippen molar-refractivity contribution in [2.24, 2.45) is 0 Å². The Labute approximate surface area is 223 Å². The number of rotatable bonds is 9. The van der Waals surface area contributed by atoms with E-state index in [1.807, 2.05) is 19.1 Å². The molecule has 1 amide bonds. The molecule has 4 rings (SSSR count). The molecule has 204 valence electrons. The van der Waals surface area contributed by atoms with Gasteiger partial charge in [0.15, 0.2) is 5.76 Å². The fourth-order valence-electron chi connectivity index (χ4n) is 3.63. The van der Waals surface area contributed by atoms with Crippen LogP contribution in [-0.4, -0.2) is 20.6 Å². The Morgan fingerprint density at radius 2 is 1.87 bits per heavy atom. The molecule has 0 atom stereocenters. The number of aromatic nitrogens is 2. The zero-order valence-electron chi connectivity index (χ0n) is 20.3. The summed E-state index contributed by atoms with van der Waals surface area (Å²) in [6.07, 6.45) is -6.36. The second-order valence-corrected chi connectivity index (χ2v) is 8.79. The zero-order valence-corrected chi connectivity index (χ0v) is 21.0. The van der Waals surface area contributed by atoms with Gasteiger partial charge in [-0.05, 0) is 43.2 Å². The van der Waals surface area contributed by atoms with Gasteiger partial charge in [0.1, 0.15) is 28.6 Å². The molecule has 9 nitrogen and oxygen atoms in total. The Balaban J connectivity index is 1.55. The van der Waals surface area contributed by atoms with Gasteiger partial charge in [0.05, 0.1) is 28.2 Å². The highest BCUT2D eigenvalue weighted by Gasteiger charge is 2.28. The summed E-state index contributed by atoms with van der Waals surface area (Å²) in [5.41, 5.74) is -0.545. The summed E-state index contributed by atoms with van der Waals surface area (Å²) in [6, 6.07) is 11.6. The molecule has 0 spiro atoms. The summed E-state index contributed by atoms with van der Waals surface area (Å²) in [7, 11) is 0. The highest BCUT2D eigenvalue weighted by atomic mass is 35.5. The summed E-state index contributed by atoms with van der Waals surface area (Å²) in [5.74, 6) is -0.585. The van der Waals surface area contributed by atoms with Crippen LogP contribution in [0.25, 0.3) is 0 Å². The quantitative estimate of drug-likeness (QED) is 0.127. The number of aryl methyl sites for hydroxylation is 2. The second-order valence-electron chi connectivity index (χ2n) is 8.41. The summed E-state index contributed by atoms with van der Waals surface area (Å²) in [4.78, 5) is 23.6. The standard InChI is InChI=1S/C25H19ClF4N4O5/c1-12-3-4-13(2)19(7-12)39-17-9-14(8-15(10-17)34(36)37)31-25(35)18-6-5-16(38-18)11-33-22(24(29)30)20(26)21(32-33)23(27)28/h3-10,23-24H,11H2,1-2H3,(H,31,35). The Morgan fingerprint density at radius 3 is 2.54 bits per heavy atom. The van der Waals surface area contributed by atoms with E-state index in [2.05, 4.69) is 10.4 Å². The van der Waals surface area contributed by atoms with Gasteiger partial charge in [0, 0.05) is 12.1 Å². The van der Waals surface area contributed by atoms with Gasteiger partial charge in [-0.25, -0.2) is 17.6 Å². The first-order valence-electron chi connectivity index (χ1n) is 11.2. The highest BCUT2D eigenvalue weighted by Crippen LogP contribution is 2.35. The molecule has 4 aromatic rings. The number of hydrogen-bond acceptors (Lipinski definition) is 6. The van der Waals surface area contributed by atoms with Crippen molar-refractivity contribution in [3.63, 3.8) is 0 Å². The molecule has 0 aliphatic rings. The molecule has 2 heterocycles. The first-order chi connectivity index (χ1) is 18.4. The number of halogens is 5. The molecule has 2 aromatic carbocycles. The number of anilines is 1. The number of carbonyl (C=O) groups is 1. The molecule has 0 saturated heterocycles. The maximum absolute atomic E-state index is 13.4. The molecule has 0 bridgehead atoms. The lowest BCUT2D eigenvalue weighted by Gasteiger charge is -2.11. The molecule has 0 fully saturated rings. The number of nitrogens with zero attached hydrogens (tertiary/aromatic N) is 3. The summed E-state index contributed by atoms with van der Waals surface area (Å²) in [6.45, 7) is 3.15. The topological polar surface area (TPSA) is 112 Å². The normalized spacial score (nSPS) is 11.3. The summed E-state index contributed by atoms with van der Waals surface area (Å²) < 4.78 is 64.7. The van der Waals surface area contributed by atoms with Crippen LogP contribution in [0.1, 0.15) is 51.7 Å². The van der Waals surface area contributed by atoms with Gasteiger partial charge in [-0.1, -0.05) is 23.7 Å². The number of furan rings is 1. The molecule has 2 aromatic heterocycles. The smallest absolute Gasteiger partial charge is 0.291 e. The van der Waals surface area contributed by atoms with Crippen molar-refractivity contribution >= 4 is 28.9 Å². The predicted molar refractivity (Wildman–Crippen MR) is 132 cm³/mol. The first kappa shape index (κ1) is 27.6. The fourth-order valence-corrected chi connectivity index (χ4v) is 3.93. The molecule has 1 N–H and O–H groups in total. The molecule has 0 aliphatic heterocycles. The lowest BCUT2D eigenvalue weighted by molar-refractivity contribution is -0.384. The number of benzene rings is 2. The minimum atomic E-state index is -3.19. The van der Waals surface area contributed by atoms with Crippen molar-refractivity contribution in [3.05, 3.63) is 97.7 Å². The Morgan fingerprint density at radius 1 is 1.13 bits per heavy atom. The SMILES string of the molecule is Cc1ccc(C)c(Oc2cc(NC(=O)c3ccc(Cn4nc(C(F)F)c(Cl)c4C(F)F)o3)cc([N+](=O)[O-])c2)c1. The van der Waals surface area contributed by atoms with Crippen molar-refractivity contribution < 1.29 is 36.4 Å². The third-order valence-electron chi connectivity index (χ3n) is 5.49. The number of hydrogen-bond donors (Lipinski definition) is 1. The first-order valence-corrected chi connectivity index (χ1v) is 11.6. The molecule has 0 saturated carbocycles. The van der Waals surface area contributed by atoms with E-state index in [9.17, 15) is 32.5 Å². The van der Waals surface area contributed by atoms with Gasteiger partial charge in [0.2, 0.25) is 0 Å². The average molecular weight is 567 g/mol. The van der Waals surface area contributed by atoms with E-state index in [4.69, 9.17) is 20.8 Å². The van der Waals surface area contributed by atoms with Gasteiger partial charge in [-0.3, -0.25) is 19.6 Å². The van der Waals surface area contributed by atoms with E-state index in [-0.39, 0.29) is 28.6 Å². The second kappa shape index (κ2) is 11.2. The largest absolute Gasteiger partial charge is 0.457 e. The lowest BCUT2D eigenvalue weighted by Crippen LogP contribution is -2.11. The average Bonchev–Trinajstić information content (AvgIpc) is 3.45. The van der Waals surface area contributed by atoms with Crippen LogP contribution in [0.5, 0.6) is 11.5 Å². The number of nitrogens with one attached hydrogen (secondary N) is 1. The van der Waals surface area contributed by atoms with E-state index in [1.54, 1.807) is 13.0 Å². The highest BCUT2D eigenvalue weighted by molar-refractivity contribution is 6.32. The van der Waals surface area contributed by atoms with Crippen LogP contribution in [0.4, 0.5) is 28.9 Å².